The number of carbonyl (C=O) groups is 2. The van der Waals surface area contributed by atoms with Crippen LogP contribution in [-0.2, 0) is 9.59 Å². The van der Waals surface area contributed by atoms with Gasteiger partial charge in [-0.3, -0.25) is 19.6 Å². The van der Waals surface area contributed by atoms with E-state index in [4.69, 9.17) is 0 Å². The molecule has 0 aromatic heterocycles. The van der Waals surface area contributed by atoms with Crippen molar-refractivity contribution in [3.05, 3.63) is 46.9 Å². The fourth-order valence-electron chi connectivity index (χ4n) is 1.81. The molecular weight excluding hydrogens is 308 g/mol. The summed E-state index contributed by atoms with van der Waals surface area (Å²) in [6.07, 6.45) is 2.39. The summed E-state index contributed by atoms with van der Waals surface area (Å²) in [4.78, 5) is 31.0. The number of hydrogen-bond acceptors (Lipinski definition) is 6. The van der Waals surface area contributed by atoms with E-state index in [9.17, 15) is 19.8 Å². The number of allylic oxidation sites excluding steroid dienone is 4. The van der Waals surface area contributed by atoms with Gasteiger partial charge < -0.3 is 10.2 Å². The molecule has 0 N–H and O–H groups in total. The molecule has 0 heterocycles. The van der Waals surface area contributed by atoms with Gasteiger partial charge in [-0.05, 0) is 26.0 Å². The molecule has 1 aromatic rings. The summed E-state index contributed by atoms with van der Waals surface area (Å²) in [5.41, 5.74) is 0.766. The zero-order valence-corrected chi connectivity index (χ0v) is 14.0. The maximum atomic E-state index is 11.4. The number of para-hydroxylation sites is 2. The van der Waals surface area contributed by atoms with E-state index in [2.05, 4.69) is 9.98 Å². The van der Waals surface area contributed by atoms with Crippen molar-refractivity contribution in [3.63, 3.8) is 0 Å². The van der Waals surface area contributed by atoms with E-state index in [0.717, 1.165) is 0 Å². The molecule has 0 atom stereocenters. The van der Waals surface area contributed by atoms with Gasteiger partial charge in [0.25, 0.3) is 0 Å². The molecule has 0 aliphatic rings. The van der Waals surface area contributed by atoms with Gasteiger partial charge in [0.05, 0.1) is 11.4 Å². The first-order valence-corrected chi connectivity index (χ1v) is 7.18. The Hall–Kier alpha value is -3.02. The molecule has 0 aliphatic heterocycles. The highest BCUT2D eigenvalue weighted by atomic mass is 16.3. The Balaban J connectivity index is 3.23. The molecule has 0 spiro atoms. The molecule has 1 aromatic carbocycles. The lowest BCUT2D eigenvalue weighted by Crippen LogP contribution is -2.10. The van der Waals surface area contributed by atoms with Crippen LogP contribution in [0.2, 0.25) is 0 Å². The average Bonchev–Trinajstić information content (AvgIpc) is 2.47. The zero-order chi connectivity index (χ0) is 18.3. The van der Waals surface area contributed by atoms with Crippen molar-refractivity contribution in [2.45, 2.75) is 27.7 Å². The lowest BCUT2D eigenvalue weighted by atomic mass is 10.1. The first-order valence-electron chi connectivity index (χ1n) is 7.18. The molecule has 6 nitrogen and oxygen atoms in total. The molecule has 126 valence electrons. The van der Waals surface area contributed by atoms with Crippen molar-refractivity contribution >= 4 is 35.4 Å². The Morgan fingerprint density at radius 2 is 1.12 bits per heavy atom. The summed E-state index contributed by atoms with van der Waals surface area (Å²) in [7, 11) is 0. The molecule has 1 rings (SSSR count). The first kappa shape index (κ1) is 19.0. The van der Waals surface area contributed by atoms with E-state index >= 15 is 0 Å². The molecular formula is C18H18N2O4-2. The molecule has 0 saturated carbocycles. The van der Waals surface area contributed by atoms with Gasteiger partial charge in [0.15, 0.2) is 11.6 Å². The highest BCUT2D eigenvalue weighted by Crippen LogP contribution is 2.27. The normalized spacial score (nSPS) is 13.8. The van der Waals surface area contributed by atoms with E-state index in [0.29, 0.717) is 11.4 Å². The summed E-state index contributed by atoms with van der Waals surface area (Å²) in [6.45, 7) is 5.14. The van der Waals surface area contributed by atoms with E-state index in [-0.39, 0.29) is 34.2 Å². The van der Waals surface area contributed by atoms with Crippen LogP contribution in [0.1, 0.15) is 27.7 Å². The second-order valence-corrected chi connectivity index (χ2v) is 5.06. The van der Waals surface area contributed by atoms with Crippen molar-refractivity contribution in [1.29, 1.82) is 0 Å². The quantitative estimate of drug-likeness (QED) is 0.449. The standard InChI is InChI=1S/C18H20N2O4/c1-11(21)15(12(2)22)9-19-17-7-5-6-8-18(17)20-10-16(13(3)23)14(4)24/h5-10,21,23H,1-4H3/p-2/b15-11-,16-13+,19-9?,20-10?. The molecule has 0 amide bonds. The molecule has 0 fully saturated rings. The molecule has 0 saturated heterocycles. The Kier molecular flexibility index (Phi) is 6.79. The SMILES string of the molecule is CC(=O)/C(C=Nc1ccccc1N=C/C(C(C)=O)=C(/C)[O-])=C(/C)[O-]. The number of aliphatic imine (C=N–C) groups is 2. The number of hydrogen-bond donors (Lipinski definition) is 0. The molecule has 0 aliphatic carbocycles. The van der Waals surface area contributed by atoms with Gasteiger partial charge in [-0.1, -0.05) is 26.0 Å². The van der Waals surface area contributed by atoms with Crippen molar-refractivity contribution < 1.29 is 19.8 Å². The monoisotopic (exact) mass is 326 g/mol. The van der Waals surface area contributed by atoms with Crippen LogP contribution < -0.4 is 10.2 Å². The number of carbonyl (C=O) groups excluding carboxylic acids is 2. The summed E-state index contributed by atoms with van der Waals surface area (Å²) < 4.78 is 0. The first-order chi connectivity index (χ1) is 11.2. The second kappa shape index (κ2) is 8.57. The zero-order valence-electron chi connectivity index (χ0n) is 14.0. The van der Waals surface area contributed by atoms with E-state index in [1.165, 1.54) is 40.1 Å². The van der Waals surface area contributed by atoms with Gasteiger partial charge in [0.1, 0.15) is 0 Å². The molecule has 6 heteroatoms. The van der Waals surface area contributed by atoms with Crippen LogP contribution in [0.25, 0.3) is 0 Å². The molecule has 0 bridgehead atoms. The lowest BCUT2D eigenvalue weighted by Gasteiger charge is -2.09. The summed E-state index contributed by atoms with van der Waals surface area (Å²) in [6, 6.07) is 6.71. The molecule has 0 unspecified atom stereocenters. The van der Waals surface area contributed by atoms with Crippen molar-refractivity contribution in [3.8, 4) is 0 Å². The smallest absolute Gasteiger partial charge is 0.160 e. The van der Waals surface area contributed by atoms with Gasteiger partial charge in [-0.2, -0.15) is 0 Å². The van der Waals surface area contributed by atoms with E-state index < -0.39 is 0 Å². The Labute approximate surface area is 140 Å². The van der Waals surface area contributed by atoms with Crippen LogP contribution in [0.15, 0.2) is 56.9 Å². The van der Waals surface area contributed by atoms with Crippen LogP contribution >= 0.6 is 0 Å². The van der Waals surface area contributed by atoms with E-state index in [1.807, 2.05) is 0 Å². The number of nitrogens with zero attached hydrogens (tertiary/aromatic N) is 2. The van der Waals surface area contributed by atoms with Gasteiger partial charge in [0.2, 0.25) is 0 Å². The van der Waals surface area contributed by atoms with Crippen LogP contribution in [0.5, 0.6) is 0 Å². The van der Waals surface area contributed by atoms with Crippen LogP contribution in [0, 0.1) is 0 Å². The van der Waals surface area contributed by atoms with E-state index in [1.54, 1.807) is 24.3 Å². The third kappa shape index (κ3) is 5.31. The summed E-state index contributed by atoms with van der Waals surface area (Å²) in [5, 5.41) is 22.8. The average molecular weight is 326 g/mol. The summed E-state index contributed by atoms with van der Waals surface area (Å²) >= 11 is 0. The van der Waals surface area contributed by atoms with Crippen LogP contribution in [0.3, 0.4) is 0 Å². The summed E-state index contributed by atoms with van der Waals surface area (Å²) in [5.74, 6) is -1.51. The Bertz CT molecular complexity index is 698. The number of rotatable bonds is 6. The minimum Gasteiger partial charge on any atom is -0.875 e. The fourth-order valence-corrected chi connectivity index (χ4v) is 1.81. The topological polar surface area (TPSA) is 105 Å². The Morgan fingerprint density at radius 3 is 1.38 bits per heavy atom. The number of benzene rings is 1. The van der Waals surface area contributed by atoms with Crippen molar-refractivity contribution in [2.75, 3.05) is 0 Å². The number of Topliss-reactive ketones (excluding diaryl/α,β-unsaturated/α-hetero) is 2. The van der Waals surface area contributed by atoms with Crippen molar-refractivity contribution in [1.82, 2.24) is 0 Å². The minimum absolute atomic E-state index is 0.0199. The third-order valence-corrected chi connectivity index (χ3v) is 3.06. The predicted octanol–water partition coefficient (Wildman–Crippen LogP) is 1.54. The highest BCUT2D eigenvalue weighted by Gasteiger charge is 2.03. The highest BCUT2D eigenvalue weighted by molar-refractivity contribution is 6.14. The Morgan fingerprint density at radius 1 is 0.792 bits per heavy atom. The number of ketones is 2. The molecule has 24 heavy (non-hydrogen) atoms. The predicted molar refractivity (Wildman–Crippen MR) is 89.5 cm³/mol. The van der Waals surface area contributed by atoms with Gasteiger partial charge in [-0.15, -0.1) is 11.5 Å². The fraction of sp³-hybridized carbons (Fsp3) is 0.222. The van der Waals surface area contributed by atoms with Crippen molar-refractivity contribution in [2.24, 2.45) is 9.98 Å². The van der Waals surface area contributed by atoms with Gasteiger partial charge >= 0.3 is 0 Å². The lowest BCUT2D eigenvalue weighted by molar-refractivity contribution is -0.303. The second-order valence-electron chi connectivity index (χ2n) is 5.06. The maximum Gasteiger partial charge on any atom is 0.160 e. The molecule has 0 radical (unpaired) electrons. The largest absolute Gasteiger partial charge is 0.875 e. The third-order valence-electron chi connectivity index (χ3n) is 3.06. The maximum absolute atomic E-state index is 11.4. The van der Waals surface area contributed by atoms with Crippen LogP contribution in [-0.4, -0.2) is 24.0 Å². The van der Waals surface area contributed by atoms with Crippen LogP contribution in [0.4, 0.5) is 11.4 Å². The van der Waals surface area contributed by atoms with Gasteiger partial charge in [-0.25, -0.2) is 0 Å². The van der Waals surface area contributed by atoms with Gasteiger partial charge in [0, 0.05) is 23.6 Å². The minimum atomic E-state index is -0.379.